The van der Waals surface area contributed by atoms with E-state index in [1.54, 1.807) is 10.9 Å². The number of nitrogens with zero attached hydrogens (tertiary/aromatic N) is 5. The number of fused-ring (bicyclic) bond motifs is 1. The molecule has 1 aliphatic rings. The smallest absolute Gasteiger partial charge is 0.231 e. The number of rotatable bonds is 4. The number of nitrogens with two attached hydrogens (primary N) is 1. The van der Waals surface area contributed by atoms with Crippen molar-refractivity contribution in [2.75, 3.05) is 12.5 Å². The lowest BCUT2D eigenvalue weighted by atomic mass is 10.1. The molecule has 2 aromatic heterocycles. The summed E-state index contributed by atoms with van der Waals surface area (Å²) in [6.07, 6.45) is 2.46. The third kappa shape index (κ3) is 2.94. The maximum atomic E-state index is 5.69. The third-order valence-electron chi connectivity index (χ3n) is 4.08. The van der Waals surface area contributed by atoms with Crippen LogP contribution in [0.3, 0.4) is 0 Å². The van der Waals surface area contributed by atoms with Gasteiger partial charge in [-0.25, -0.2) is 19.6 Å². The SMILES string of the molecule is Cc1nc(N)ncc1-c1nc(CC(C)C)nn1-c1ccc2c(c1)OCO2. The Balaban J connectivity index is 1.86. The Kier molecular flexibility index (Phi) is 3.95. The highest BCUT2D eigenvalue weighted by Gasteiger charge is 2.20. The number of nitrogen functional groups attached to an aromatic ring is 1. The summed E-state index contributed by atoms with van der Waals surface area (Å²) in [6, 6.07) is 5.70. The number of hydrogen-bond donors (Lipinski definition) is 1. The van der Waals surface area contributed by atoms with Gasteiger partial charge in [-0.3, -0.25) is 0 Å². The number of anilines is 1. The Morgan fingerprint density at radius 1 is 1.19 bits per heavy atom. The van der Waals surface area contributed by atoms with Crippen molar-refractivity contribution in [3.8, 4) is 28.6 Å². The average Bonchev–Trinajstić information content (AvgIpc) is 3.20. The minimum Gasteiger partial charge on any atom is -0.454 e. The van der Waals surface area contributed by atoms with Crippen molar-refractivity contribution in [2.45, 2.75) is 27.2 Å². The van der Waals surface area contributed by atoms with E-state index in [0.29, 0.717) is 17.5 Å². The van der Waals surface area contributed by atoms with Crippen LogP contribution in [0.1, 0.15) is 25.4 Å². The van der Waals surface area contributed by atoms with E-state index in [1.807, 2.05) is 25.1 Å². The van der Waals surface area contributed by atoms with Crippen LogP contribution in [0.25, 0.3) is 17.1 Å². The van der Waals surface area contributed by atoms with Gasteiger partial charge in [-0.2, -0.15) is 5.10 Å². The van der Waals surface area contributed by atoms with Crippen molar-refractivity contribution in [1.82, 2.24) is 24.7 Å². The molecule has 4 rings (SSSR count). The quantitative estimate of drug-likeness (QED) is 0.770. The summed E-state index contributed by atoms with van der Waals surface area (Å²) in [5.74, 6) is 3.55. The first-order chi connectivity index (χ1) is 12.5. The molecule has 2 N–H and O–H groups in total. The normalized spacial score (nSPS) is 12.8. The minimum atomic E-state index is 0.229. The molecule has 0 spiro atoms. The van der Waals surface area contributed by atoms with E-state index in [4.69, 9.17) is 25.3 Å². The Morgan fingerprint density at radius 2 is 2.00 bits per heavy atom. The van der Waals surface area contributed by atoms with Crippen molar-refractivity contribution in [1.29, 1.82) is 0 Å². The standard InChI is InChI=1S/C18H20N6O2/c1-10(2)6-16-22-17(13-8-20-18(19)21-11(13)3)24(23-16)12-4-5-14-15(7-12)26-9-25-14/h4-5,7-8,10H,6,9H2,1-3H3,(H2,19,20,21). The highest BCUT2D eigenvalue weighted by Crippen LogP contribution is 2.34. The Bertz CT molecular complexity index is 966. The molecule has 1 aliphatic heterocycles. The fraction of sp³-hybridized carbons (Fsp3) is 0.333. The molecule has 0 fully saturated rings. The van der Waals surface area contributed by atoms with Gasteiger partial charge in [0.05, 0.1) is 16.9 Å². The van der Waals surface area contributed by atoms with Crippen LogP contribution in [-0.2, 0) is 6.42 Å². The molecule has 3 heterocycles. The molecule has 0 amide bonds. The summed E-state index contributed by atoms with van der Waals surface area (Å²) in [6.45, 7) is 6.39. The van der Waals surface area contributed by atoms with E-state index in [1.165, 1.54) is 0 Å². The van der Waals surface area contributed by atoms with E-state index >= 15 is 0 Å². The Labute approximate surface area is 151 Å². The zero-order valence-corrected chi connectivity index (χ0v) is 14.9. The van der Waals surface area contributed by atoms with E-state index < -0.39 is 0 Å². The predicted molar refractivity (Wildman–Crippen MR) is 96.2 cm³/mol. The van der Waals surface area contributed by atoms with Crippen LogP contribution in [0.15, 0.2) is 24.4 Å². The van der Waals surface area contributed by atoms with Gasteiger partial charge in [0.15, 0.2) is 23.1 Å². The van der Waals surface area contributed by atoms with Gasteiger partial charge in [-0.05, 0) is 25.0 Å². The van der Waals surface area contributed by atoms with E-state index in [9.17, 15) is 0 Å². The van der Waals surface area contributed by atoms with Crippen molar-refractivity contribution in [2.24, 2.45) is 5.92 Å². The molecule has 0 unspecified atom stereocenters. The monoisotopic (exact) mass is 352 g/mol. The second-order valence-corrected chi connectivity index (χ2v) is 6.63. The topological polar surface area (TPSA) is 101 Å². The lowest BCUT2D eigenvalue weighted by Crippen LogP contribution is -2.04. The first-order valence-corrected chi connectivity index (χ1v) is 8.46. The number of benzene rings is 1. The first kappa shape index (κ1) is 16.3. The summed E-state index contributed by atoms with van der Waals surface area (Å²) in [7, 11) is 0. The van der Waals surface area contributed by atoms with Crippen LogP contribution >= 0.6 is 0 Å². The second-order valence-electron chi connectivity index (χ2n) is 6.63. The maximum Gasteiger partial charge on any atom is 0.231 e. The van der Waals surface area contributed by atoms with Gasteiger partial charge >= 0.3 is 0 Å². The summed E-state index contributed by atoms with van der Waals surface area (Å²) < 4.78 is 12.7. The van der Waals surface area contributed by atoms with Crippen molar-refractivity contribution in [3.05, 3.63) is 35.9 Å². The fourth-order valence-electron chi connectivity index (χ4n) is 2.88. The molecule has 0 atom stereocenters. The minimum absolute atomic E-state index is 0.229. The molecule has 0 aliphatic carbocycles. The highest BCUT2D eigenvalue weighted by atomic mass is 16.7. The van der Waals surface area contributed by atoms with E-state index in [0.717, 1.165) is 34.9 Å². The van der Waals surface area contributed by atoms with E-state index in [-0.39, 0.29) is 12.7 Å². The van der Waals surface area contributed by atoms with Gasteiger partial charge in [0.1, 0.15) is 0 Å². The van der Waals surface area contributed by atoms with Crippen molar-refractivity contribution in [3.63, 3.8) is 0 Å². The van der Waals surface area contributed by atoms with Crippen LogP contribution in [-0.4, -0.2) is 31.5 Å². The lowest BCUT2D eigenvalue weighted by Gasteiger charge is -2.08. The van der Waals surface area contributed by atoms with Crippen molar-refractivity contribution < 1.29 is 9.47 Å². The van der Waals surface area contributed by atoms with Gasteiger partial charge in [0.25, 0.3) is 0 Å². The molecule has 0 saturated heterocycles. The molecule has 0 saturated carbocycles. The van der Waals surface area contributed by atoms with Crippen LogP contribution in [0, 0.1) is 12.8 Å². The van der Waals surface area contributed by atoms with E-state index in [2.05, 4.69) is 23.8 Å². The molecule has 0 bridgehead atoms. The molecule has 0 radical (unpaired) electrons. The predicted octanol–water partition coefficient (Wildman–Crippen LogP) is 2.54. The average molecular weight is 352 g/mol. The largest absolute Gasteiger partial charge is 0.454 e. The highest BCUT2D eigenvalue weighted by molar-refractivity contribution is 5.61. The Hall–Kier alpha value is -3.16. The molecule has 134 valence electrons. The molecule has 8 nitrogen and oxygen atoms in total. The molecular weight excluding hydrogens is 332 g/mol. The van der Waals surface area contributed by atoms with Crippen molar-refractivity contribution >= 4 is 5.95 Å². The summed E-state index contributed by atoms with van der Waals surface area (Å²) in [4.78, 5) is 13.1. The third-order valence-corrected chi connectivity index (χ3v) is 4.08. The van der Waals surface area contributed by atoms with Crippen LogP contribution < -0.4 is 15.2 Å². The zero-order valence-electron chi connectivity index (χ0n) is 14.9. The van der Waals surface area contributed by atoms with Crippen LogP contribution in [0.2, 0.25) is 0 Å². The fourth-order valence-corrected chi connectivity index (χ4v) is 2.88. The number of aromatic nitrogens is 5. The van der Waals surface area contributed by atoms with Gasteiger partial charge in [-0.15, -0.1) is 0 Å². The van der Waals surface area contributed by atoms with Gasteiger partial charge in [0, 0.05) is 18.7 Å². The number of ether oxygens (including phenoxy) is 2. The molecule has 3 aromatic rings. The van der Waals surface area contributed by atoms with Crippen LogP contribution in [0.5, 0.6) is 11.5 Å². The second kappa shape index (κ2) is 6.29. The molecule has 8 heteroatoms. The number of hydrogen-bond acceptors (Lipinski definition) is 7. The maximum absolute atomic E-state index is 5.69. The summed E-state index contributed by atoms with van der Waals surface area (Å²) >= 11 is 0. The first-order valence-electron chi connectivity index (χ1n) is 8.46. The van der Waals surface area contributed by atoms with Gasteiger partial charge in [0.2, 0.25) is 12.7 Å². The molecule has 1 aromatic carbocycles. The zero-order chi connectivity index (χ0) is 18.3. The van der Waals surface area contributed by atoms with Crippen LogP contribution in [0.4, 0.5) is 5.95 Å². The number of aryl methyl sites for hydroxylation is 1. The Morgan fingerprint density at radius 3 is 2.77 bits per heavy atom. The summed E-state index contributed by atoms with van der Waals surface area (Å²) in [5.41, 5.74) is 8.07. The van der Waals surface area contributed by atoms with Gasteiger partial charge < -0.3 is 15.2 Å². The molecular formula is C18H20N6O2. The lowest BCUT2D eigenvalue weighted by molar-refractivity contribution is 0.174. The summed E-state index contributed by atoms with van der Waals surface area (Å²) in [5, 5.41) is 4.71. The molecule has 26 heavy (non-hydrogen) atoms. The van der Waals surface area contributed by atoms with Gasteiger partial charge in [-0.1, -0.05) is 13.8 Å².